The molecule has 0 bridgehead atoms. The van der Waals surface area contributed by atoms with Crippen molar-refractivity contribution in [3.63, 3.8) is 0 Å². The van der Waals surface area contributed by atoms with Gasteiger partial charge in [0, 0.05) is 5.56 Å². The molecule has 4 rings (SSSR count). The van der Waals surface area contributed by atoms with Crippen molar-refractivity contribution in [3.8, 4) is 22.9 Å². The number of fused-ring (bicyclic) bond motifs is 2. The average Bonchev–Trinajstić information content (AvgIpc) is 3.11. The quantitative estimate of drug-likeness (QED) is 0.772. The maximum Gasteiger partial charge on any atom is 0.354 e. The Bertz CT molecular complexity index is 872. The van der Waals surface area contributed by atoms with Crippen LogP contribution in [0.1, 0.15) is 10.5 Å². The summed E-state index contributed by atoms with van der Waals surface area (Å²) >= 11 is 0. The molecular formula is C14H9N3O4. The highest BCUT2D eigenvalue weighted by Gasteiger charge is 2.17. The predicted molar refractivity (Wildman–Crippen MR) is 71.5 cm³/mol. The third-order valence-corrected chi connectivity index (χ3v) is 3.21. The zero-order valence-electron chi connectivity index (χ0n) is 10.7. The molecule has 1 aliphatic heterocycles. The van der Waals surface area contributed by atoms with Crippen molar-refractivity contribution < 1.29 is 19.4 Å². The summed E-state index contributed by atoms with van der Waals surface area (Å²) in [5.74, 6) is 0.684. The first-order valence-corrected chi connectivity index (χ1v) is 6.21. The predicted octanol–water partition coefficient (Wildman–Crippen LogP) is 1.82. The molecule has 0 unspecified atom stereocenters. The third-order valence-electron chi connectivity index (χ3n) is 3.21. The van der Waals surface area contributed by atoms with Crippen LogP contribution in [0.2, 0.25) is 0 Å². The molecule has 1 aliphatic rings. The van der Waals surface area contributed by atoms with Crippen LogP contribution in [0.25, 0.3) is 17.0 Å². The van der Waals surface area contributed by atoms with Gasteiger partial charge in [-0.3, -0.25) is 0 Å². The lowest BCUT2D eigenvalue weighted by molar-refractivity contribution is 0.0687. The molecule has 3 aromatic rings. The fraction of sp³-hybridized carbons (Fsp3) is 0.0714. The van der Waals surface area contributed by atoms with Gasteiger partial charge < -0.3 is 14.6 Å². The number of hydrogen-bond donors (Lipinski definition) is 1. The van der Waals surface area contributed by atoms with Gasteiger partial charge in [0.05, 0.1) is 0 Å². The lowest BCUT2D eigenvalue weighted by atomic mass is 10.2. The second-order valence-corrected chi connectivity index (χ2v) is 4.49. The van der Waals surface area contributed by atoms with Crippen LogP contribution in [-0.4, -0.2) is 32.5 Å². The summed E-state index contributed by atoms with van der Waals surface area (Å²) < 4.78 is 11.9. The van der Waals surface area contributed by atoms with Gasteiger partial charge in [-0.1, -0.05) is 6.07 Å². The maximum absolute atomic E-state index is 11.2. The van der Waals surface area contributed by atoms with E-state index in [1.165, 1.54) is 10.6 Å². The molecule has 2 aromatic heterocycles. The molecular weight excluding hydrogens is 274 g/mol. The van der Waals surface area contributed by atoms with E-state index in [-0.39, 0.29) is 12.5 Å². The smallest absolute Gasteiger partial charge is 0.354 e. The van der Waals surface area contributed by atoms with E-state index in [1.54, 1.807) is 24.3 Å². The van der Waals surface area contributed by atoms with E-state index in [4.69, 9.17) is 14.6 Å². The maximum atomic E-state index is 11.2. The second kappa shape index (κ2) is 4.20. The van der Waals surface area contributed by atoms with Gasteiger partial charge in [-0.2, -0.15) is 0 Å². The minimum absolute atomic E-state index is 0.0620. The normalized spacial score (nSPS) is 12.8. The Morgan fingerprint density at radius 3 is 2.90 bits per heavy atom. The Hall–Kier alpha value is -3.09. The Morgan fingerprint density at radius 2 is 2.05 bits per heavy atom. The van der Waals surface area contributed by atoms with Crippen molar-refractivity contribution in [2.24, 2.45) is 0 Å². The Balaban J connectivity index is 1.87. The SMILES string of the molecule is O=C(O)c1cccc2nc(-c3ccc4c(c3)OCO4)nn12. The number of carboxylic acid groups (broad SMARTS) is 1. The van der Waals surface area contributed by atoms with E-state index in [0.29, 0.717) is 23.0 Å². The molecule has 0 saturated carbocycles. The first-order chi connectivity index (χ1) is 10.2. The molecule has 3 heterocycles. The number of ether oxygens (including phenoxy) is 2. The van der Waals surface area contributed by atoms with Crippen LogP contribution in [0.3, 0.4) is 0 Å². The summed E-state index contributed by atoms with van der Waals surface area (Å²) in [4.78, 5) is 15.5. The highest BCUT2D eigenvalue weighted by molar-refractivity contribution is 5.86. The van der Waals surface area contributed by atoms with E-state index < -0.39 is 5.97 Å². The average molecular weight is 283 g/mol. The molecule has 1 N–H and O–H groups in total. The van der Waals surface area contributed by atoms with Crippen molar-refractivity contribution in [2.75, 3.05) is 6.79 Å². The fourth-order valence-electron chi connectivity index (χ4n) is 2.23. The van der Waals surface area contributed by atoms with Crippen molar-refractivity contribution in [3.05, 3.63) is 42.1 Å². The molecule has 0 atom stereocenters. The summed E-state index contributed by atoms with van der Waals surface area (Å²) in [6.07, 6.45) is 0. The van der Waals surface area contributed by atoms with Crippen molar-refractivity contribution in [1.29, 1.82) is 0 Å². The van der Waals surface area contributed by atoms with Crippen LogP contribution in [0, 0.1) is 0 Å². The molecule has 0 fully saturated rings. The van der Waals surface area contributed by atoms with E-state index in [2.05, 4.69) is 10.1 Å². The Labute approximate surface area is 118 Å². The van der Waals surface area contributed by atoms with E-state index in [0.717, 1.165) is 5.56 Å². The van der Waals surface area contributed by atoms with Gasteiger partial charge in [0.15, 0.2) is 28.7 Å². The van der Waals surface area contributed by atoms with Crippen LogP contribution < -0.4 is 9.47 Å². The molecule has 104 valence electrons. The molecule has 1 aromatic carbocycles. The first kappa shape index (κ1) is 11.7. The number of aromatic carboxylic acids is 1. The summed E-state index contributed by atoms with van der Waals surface area (Å²) in [6.45, 7) is 0.195. The van der Waals surface area contributed by atoms with Gasteiger partial charge in [0.25, 0.3) is 0 Å². The van der Waals surface area contributed by atoms with Gasteiger partial charge >= 0.3 is 5.97 Å². The van der Waals surface area contributed by atoms with Crippen LogP contribution in [0.5, 0.6) is 11.5 Å². The number of pyridine rings is 1. The zero-order valence-corrected chi connectivity index (χ0v) is 10.7. The molecule has 0 amide bonds. The van der Waals surface area contributed by atoms with Gasteiger partial charge in [-0.15, -0.1) is 5.10 Å². The van der Waals surface area contributed by atoms with Gasteiger partial charge in [0.2, 0.25) is 6.79 Å². The van der Waals surface area contributed by atoms with Gasteiger partial charge in [-0.05, 0) is 30.3 Å². The summed E-state index contributed by atoms with van der Waals surface area (Å²) in [6, 6.07) is 10.2. The zero-order chi connectivity index (χ0) is 14.4. The van der Waals surface area contributed by atoms with Crippen molar-refractivity contribution in [1.82, 2.24) is 14.6 Å². The number of aromatic nitrogens is 3. The van der Waals surface area contributed by atoms with Crippen LogP contribution in [0.15, 0.2) is 36.4 Å². The minimum Gasteiger partial charge on any atom is -0.477 e. The number of carbonyl (C=O) groups is 1. The van der Waals surface area contributed by atoms with Crippen LogP contribution >= 0.6 is 0 Å². The van der Waals surface area contributed by atoms with E-state index in [9.17, 15) is 4.79 Å². The second-order valence-electron chi connectivity index (χ2n) is 4.49. The standard InChI is InChI=1S/C14H9N3O4/c18-14(19)9-2-1-3-12-15-13(16-17(9)12)8-4-5-10-11(6-8)21-7-20-10/h1-6H,7H2,(H,18,19). The van der Waals surface area contributed by atoms with Gasteiger partial charge in [0.1, 0.15) is 0 Å². The highest BCUT2D eigenvalue weighted by Crippen LogP contribution is 2.35. The number of nitrogens with zero attached hydrogens (tertiary/aromatic N) is 3. The van der Waals surface area contributed by atoms with Crippen LogP contribution in [-0.2, 0) is 0 Å². The molecule has 0 aliphatic carbocycles. The first-order valence-electron chi connectivity index (χ1n) is 6.21. The van der Waals surface area contributed by atoms with Crippen molar-refractivity contribution in [2.45, 2.75) is 0 Å². The highest BCUT2D eigenvalue weighted by atomic mass is 16.7. The molecule has 0 spiro atoms. The van der Waals surface area contributed by atoms with E-state index in [1.807, 2.05) is 6.07 Å². The van der Waals surface area contributed by atoms with E-state index >= 15 is 0 Å². The summed E-state index contributed by atoms with van der Waals surface area (Å²) in [7, 11) is 0. The monoisotopic (exact) mass is 283 g/mol. The fourth-order valence-corrected chi connectivity index (χ4v) is 2.23. The Kier molecular flexibility index (Phi) is 2.34. The number of benzene rings is 1. The molecule has 7 heteroatoms. The Morgan fingerprint density at radius 1 is 1.19 bits per heavy atom. The summed E-state index contributed by atoms with van der Waals surface area (Å²) in [5.41, 5.74) is 1.27. The van der Waals surface area contributed by atoms with Gasteiger partial charge in [-0.25, -0.2) is 14.3 Å². The number of carboxylic acids is 1. The third kappa shape index (κ3) is 1.78. The van der Waals surface area contributed by atoms with Crippen LogP contribution in [0.4, 0.5) is 0 Å². The number of hydrogen-bond acceptors (Lipinski definition) is 5. The summed E-state index contributed by atoms with van der Waals surface area (Å²) in [5, 5.41) is 13.4. The topological polar surface area (TPSA) is 86.0 Å². The largest absolute Gasteiger partial charge is 0.477 e. The molecule has 21 heavy (non-hydrogen) atoms. The number of rotatable bonds is 2. The molecule has 7 nitrogen and oxygen atoms in total. The molecule has 0 saturated heterocycles. The lowest BCUT2D eigenvalue weighted by Crippen LogP contribution is -2.05. The minimum atomic E-state index is -1.05. The van der Waals surface area contributed by atoms with Crippen molar-refractivity contribution >= 4 is 11.6 Å². The molecule has 0 radical (unpaired) electrons. The lowest BCUT2D eigenvalue weighted by Gasteiger charge is -1.98.